The van der Waals surface area contributed by atoms with Gasteiger partial charge in [-0.2, -0.15) is 0 Å². The molecule has 0 bridgehead atoms. The first-order valence-corrected chi connectivity index (χ1v) is 5.90. The summed E-state index contributed by atoms with van der Waals surface area (Å²) in [6, 6.07) is 0. The number of hydrogen-bond acceptors (Lipinski definition) is 4. The minimum atomic E-state index is 0.561. The molecule has 1 saturated heterocycles. The van der Waals surface area contributed by atoms with Crippen molar-refractivity contribution in [2.45, 2.75) is 33.1 Å². The van der Waals surface area contributed by atoms with Crippen LogP contribution in [0.3, 0.4) is 0 Å². The first kappa shape index (κ1) is 11.3. The fourth-order valence-corrected chi connectivity index (χ4v) is 2.21. The largest absolute Gasteiger partial charge is 0.383 e. The molecule has 88 valence electrons. The molecule has 1 aromatic heterocycles. The van der Waals surface area contributed by atoms with E-state index < -0.39 is 0 Å². The molecule has 0 spiro atoms. The number of hydrogen-bond donors (Lipinski definition) is 1. The zero-order valence-corrected chi connectivity index (χ0v) is 9.99. The number of ether oxygens (including phenoxy) is 1. The van der Waals surface area contributed by atoms with Gasteiger partial charge in [-0.3, -0.25) is 0 Å². The molecular formula is C12H19N3O. The number of nitrogen functional groups attached to an aromatic ring is 1. The van der Waals surface area contributed by atoms with Crippen molar-refractivity contribution >= 4 is 5.82 Å². The molecule has 0 saturated carbocycles. The van der Waals surface area contributed by atoms with E-state index in [4.69, 9.17) is 10.5 Å². The summed E-state index contributed by atoms with van der Waals surface area (Å²) < 4.78 is 5.35. The van der Waals surface area contributed by atoms with Crippen molar-refractivity contribution in [1.82, 2.24) is 9.97 Å². The average Bonchev–Trinajstić information content (AvgIpc) is 2.70. The molecule has 16 heavy (non-hydrogen) atoms. The monoisotopic (exact) mass is 221 g/mol. The SMILES string of the molecule is CCc1c(C)nc(CC2CCOC2)nc1N. The fraction of sp³-hybridized carbons (Fsp3) is 0.667. The lowest BCUT2D eigenvalue weighted by molar-refractivity contribution is 0.185. The van der Waals surface area contributed by atoms with Gasteiger partial charge >= 0.3 is 0 Å². The topological polar surface area (TPSA) is 61.0 Å². The summed E-state index contributed by atoms with van der Waals surface area (Å²) in [7, 11) is 0. The van der Waals surface area contributed by atoms with Crippen molar-refractivity contribution in [3.05, 3.63) is 17.1 Å². The molecule has 2 rings (SSSR count). The fourth-order valence-electron chi connectivity index (χ4n) is 2.21. The molecule has 2 N–H and O–H groups in total. The molecule has 0 aromatic carbocycles. The normalized spacial score (nSPS) is 20.2. The molecule has 0 amide bonds. The van der Waals surface area contributed by atoms with Crippen LogP contribution in [0.15, 0.2) is 0 Å². The van der Waals surface area contributed by atoms with Gasteiger partial charge in [0.2, 0.25) is 0 Å². The predicted octanol–water partition coefficient (Wildman–Crippen LogP) is 1.51. The minimum absolute atomic E-state index is 0.561. The Hall–Kier alpha value is -1.16. The van der Waals surface area contributed by atoms with Crippen molar-refractivity contribution in [3.63, 3.8) is 0 Å². The summed E-state index contributed by atoms with van der Waals surface area (Å²) in [5.74, 6) is 2.07. The zero-order valence-electron chi connectivity index (χ0n) is 9.99. The Morgan fingerprint density at radius 2 is 2.25 bits per heavy atom. The van der Waals surface area contributed by atoms with Crippen molar-refractivity contribution in [3.8, 4) is 0 Å². The average molecular weight is 221 g/mol. The van der Waals surface area contributed by atoms with Crippen LogP contribution in [0.1, 0.15) is 30.4 Å². The summed E-state index contributed by atoms with van der Waals surface area (Å²) in [5.41, 5.74) is 8.02. The molecule has 1 fully saturated rings. The van der Waals surface area contributed by atoms with E-state index in [1.54, 1.807) is 0 Å². The second-order valence-corrected chi connectivity index (χ2v) is 4.38. The van der Waals surface area contributed by atoms with E-state index in [1.807, 2.05) is 6.92 Å². The number of aromatic nitrogens is 2. The number of nitrogens with two attached hydrogens (primary N) is 1. The Morgan fingerprint density at radius 1 is 1.44 bits per heavy atom. The lowest BCUT2D eigenvalue weighted by atomic mass is 10.0. The van der Waals surface area contributed by atoms with Crippen LogP contribution in [0.4, 0.5) is 5.82 Å². The second-order valence-electron chi connectivity index (χ2n) is 4.38. The van der Waals surface area contributed by atoms with Gasteiger partial charge in [-0.25, -0.2) is 9.97 Å². The van der Waals surface area contributed by atoms with E-state index >= 15 is 0 Å². The molecule has 1 aliphatic rings. The maximum atomic E-state index is 5.92. The number of rotatable bonds is 3. The van der Waals surface area contributed by atoms with Crippen molar-refractivity contribution in [1.29, 1.82) is 0 Å². The lowest BCUT2D eigenvalue weighted by Crippen LogP contribution is -2.11. The third-order valence-electron chi connectivity index (χ3n) is 3.14. The van der Waals surface area contributed by atoms with Gasteiger partial charge < -0.3 is 10.5 Å². The van der Waals surface area contributed by atoms with E-state index in [2.05, 4.69) is 16.9 Å². The van der Waals surface area contributed by atoms with Crippen LogP contribution >= 0.6 is 0 Å². The van der Waals surface area contributed by atoms with Gasteiger partial charge in [0.1, 0.15) is 11.6 Å². The number of aryl methyl sites for hydroxylation is 1. The quantitative estimate of drug-likeness (QED) is 0.840. The van der Waals surface area contributed by atoms with Crippen LogP contribution in [-0.4, -0.2) is 23.2 Å². The van der Waals surface area contributed by atoms with Gasteiger partial charge in [0.25, 0.3) is 0 Å². The summed E-state index contributed by atoms with van der Waals surface area (Å²) in [6.07, 6.45) is 2.89. The van der Waals surface area contributed by atoms with Gasteiger partial charge in [-0.15, -0.1) is 0 Å². The van der Waals surface area contributed by atoms with Crippen molar-refractivity contribution < 1.29 is 4.74 Å². The Balaban J connectivity index is 2.15. The summed E-state index contributed by atoms with van der Waals surface area (Å²) in [6.45, 7) is 5.78. The standard InChI is InChI=1S/C12H19N3O/c1-3-10-8(2)14-11(15-12(10)13)6-9-4-5-16-7-9/h9H,3-7H2,1-2H3,(H2,13,14,15). The summed E-state index contributed by atoms with van der Waals surface area (Å²) in [5, 5.41) is 0. The maximum absolute atomic E-state index is 5.92. The highest BCUT2D eigenvalue weighted by Crippen LogP contribution is 2.19. The van der Waals surface area contributed by atoms with Crippen molar-refractivity contribution in [2.24, 2.45) is 5.92 Å². The summed E-state index contributed by atoms with van der Waals surface area (Å²) in [4.78, 5) is 8.90. The van der Waals surface area contributed by atoms with Crippen molar-refractivity contribution in [2.75, 3.05) is 18.9 Å². The lowest BCUT2D eigenvalue weighted by Gasteiger charge is -2.10. The Bertz CT molecular complexity index is 350. The van der Waals surface area contributed by atoms with Crippen LogP contribution in [0.2, 0.25) is 0 Å². The zero-order chi connectivity index (χ0) is 11.5. The Labute approximate surface area is 96.2 Å². The molecule has 1 aliphatic heterocycles. The highest BCUT2D eigenvalue weighted by molar-refractivity contribution is 5.41. The molecule has 2 heterocycles. The third kappa shape index (κ3) is 2.32. The van der Waals surface area contributed by atoms with E-state index in [9.17, 15) is 0 Å². The smallest absolute Gasteiger partial charge is 0.131 e. The van der Waals surface area contributed by atoms with E-state index in [-0.39, 0.29) is 0 Å². The van der Waals surface area contributed by atoms with Crippen LogP contribution in [0.5, 0.6) is 0 Å². The molecular weight excluding hydrogens is 202 g/mol. The third-order valence-corrected chi connectivity index (χ3v) is 3.14. The predicted molar refractivity (Wildman–Crippen MR) is 63.2 cm³/mol. The number of anilines is 1. The van der Waals surface area contributed by atoms with Gasteiger partial charge in [0, 0.05) is 30.9 Å². The van der Waals surface area contributed by atoms with E-state index in [1.165, 1.54) is 0 Å². The van der Waals surface area contributed by atoms with Crippen LogP contribution in [-0.2, 0) is 17.6 Å². The maximum Gasteiger partial charge on any atom is 0.131 e. The minimum Gasteiger partial charge on any atom is -0.383 e. The highest BCUT2D eigenvalue weighted by atomic mass is 16.5. The van der Waals surface area contributed by atoms with Gasteiger partial charge in [0.05, 0.1) is 0 Å². The highest BCUT2D eigenvalue weighted by Gasteiger charge is 2.18. The first-order valence-electron chi connectivity index (χ1n) is 5.90. The Morgan fingerprint density at radius 3 is 2.81 bits per heavy atom. The molecule has 4 nitrogen and oxygen atoms in total. The van der Waals surface area contributed by atoms with Crippen LogP contribution in [0.25, 0.3) is 0 Å². The first-order chi connectivity index (χ1) is 7.70. The molecule has 4 heteroatoms. The van der Waals surface area contributed by atoms with Crippen LogP contribution < -0.4 is 5.73 Å². The summed E-state index contributed by atoms with van der Waals surface area (Å²) >= 11 is 0. The molecule has 1 aromatic rings. The molecule has 0 radical (unpaired) electrons. The second kappa shape index (κ2) is 4.78. The number of nitrogens with zero attached hydrogens (tertiary/aromatic N) is 2. The molecule has 1 atom stereocenters. The van der Waals surface area contributed by atoms with E-state index in [0.29, 0.717) is 11.7 Å². The van der Waals surface area contributed by atoms with Gasteiger partial charge in [-0.05, 0) is 25.7 Å². The molecule has 0 aliphatic carbocycles. The van der Waals surface area contributed by atoms with Gasteiger partial charge in [-0.1, -0.05) is 6.92 Å². The Kier molecular flexibility index (Phi) is 3.39. The van der Waals surface area contributed by atoms with Gasteiger partial charge in [0.15, 0.2) is 0 Å². The molecule has 1 unspecified atom stereocenters. The van der Waals surface area contributed by atoms with E-state index in [0.717, 1.165) is 49.6 Å². The van der Waals surface area contributed by atoms with Crippen LogP contribution in [0, 0.1) is 12.8 Å².